The molecule has 0 bridgehead atoms. The van der Waals surface area contributed by atoms with Crippen molar-refractivity contribution in [2.24, 2.45) is 0 Å². The SMILES string of the molecule is CCc1cc(C2CCCNC2)c(OC)c(Br)c1OC. The van der Waals surface area contributed by atoms with Gasteiger partial charge in [-0.05, 0) is 53.4 Å². The zero-order valence-electron chi connectivity index (χ0n) is 11.9. The van der Waals surface area contributed by atoms with Crippen molar-refractivity contribution in [3.63, 3.8) is 0 Å². The van der Waals surface area contributed by atoms with E-state index in [2.05, 4.69) is 34.2 Å². The molecule has 19 heavy (non-hydrogen) atoms. The second kappa shape index (κ2) is 6.62. The second-order valence-electron chi connectivity index (χ2n) is 4.90. The number of piperidine rings is 1. The molecule has 1 N–H and O–H groups in total. The third-order valence-electron chi connectivity index (χ3n) is 3.81. The highest BCUT2D eigenvalue weighted by atomic mass is 79.9. The Hall–Kier alpha value is -0.740. The fourth-order valence-corrected chi connectivity index (χ4v) is 3.61. The molecule has 1 saturated heterocycles. The van der Waals surface area contributed by atoms with Crippen molar-refractivity contribution in [2.75, 3.05) is 27.3 Å². The molecule has 1 aromatic rings. The third-order valence-corrected chi connectivity index (χ3v) is 4.53. The Balaban J connectivity index is 2.49. The van der Waals surface area contributed by atoms with Crippen LogP contribution in [0.25, 0.3) is 0 Å². The van der Waals surface area contributed by atoms with Crippen molar-refractivity contribution in [3.05, 3.63) is 21.7 Å². The van der Waals surface area contributed by atoms with Gasteiger partial charge in [-0.1, -0.05) is 6.92 Å². The van der Waals surface area contributed by atoms with Crippen molar-refractivity contribution in [1.29, 1.82) is 0 Å². The molecule has 1 fully saturated rings. The lowest BCUT2D eigenvalue weighted by Crippen LogP contribution is -2.28. The van der Waals surface area contributed by atoms with Crippen molar-refractivity contribution >= 4 is 15.9 Å². The molecule has 4 heteroatoms. The zero-order valence-corrected chi connectivity index (χ0v) is 13.5. The van der Waals surface area contributed by atoms with Crippen LogP contribution in [-0.4, -0.2) is 27.3 Å². The van der Waals surface area contributed by atoms with Crippen molar-refractivity contribution in [1.82, 2.24) is 5.32 Å². The van der Waals surface area contributed by atoms with Gasteiger partial charge in [-0.15, -0.1) is 0 Å². The third kappa shape index (κ3) is 2.90. The van der Waals surface area contributed by atoms with Crippen LogP contribution in [0.5, 0.6) is 11.5 Å². The molecule has 1 aliphatic heterocycles. The molecule has 0 spiro atoms. The number of halogens is 1. The quantitative estimate of drug-likeness (QED) is 0.918. The topological polar surface area (TPSA) is 30.5 Å². The van der Waals surface area contributed by atoms with E-state index in [-0.39, 0.29) is 0 Å². The lowest BCUT2D eigenvalue weighted by molar-refractivity contribution is 0.373. The molecule has 3 nitrogen and oxygen atoms in total. The fraction of sp³-hybridized carbons (Fsp3) is 0.600. The van der Waals surface area contributed by atoms with Crippen molar-refractivity contribution < 1.29 is 9.47 Å². The van der Waals surface area contributed by atoms with E-state index < -0.39 is 0 Å². The standard InChI is InChI=1S/C15H22BrNO2/c1-4-10-8-12(11-6-5-7-17-9-11)15(19-3)13(16)14(10)18-2/h8,11,17H,4-7,9H2,1-3H3. The molecule has 0 amide bonds. The van der Waals surface area contributed by atoms with Gasteiger partial charge in [-0.3, -0.25) is 0 Å². The maximum Gasteiger partial charge on any atom is 0.140 e. The molecule has 0 aromatic heterocycles. The van der Waals surface area contributed by atoms with Crippen LogP contribution >= 0.6 is 15.9 Å². The van der Waals surface area contributed by atoms with E-state index in [9.17, 15) is 0 Å². The maximum absolute atomic E-state index is 5.62. The molecule has 1 unspecified atom stereocenters. The number of benzene rings is 1. The maximum atomic E-state index is 5.62. The Morgan fingerprint density at radius 2 is 2.05 bits per heavy atom. The predicted octanol–water partition coefficient (Wildman–Crippen LogP) is 3.50. The first kappa shape index (κ1) is 14.7. The molecule has 0 radical (unpaired) electrons. The smallest absolute Gasteiger partial charge is 0.140 e. The van der Waals surface area contributed by atoms with Gasteiger partial charge in [0.2, 0.25) is 0 Å². The Bertz CT molecular complexity index is 442. The van der Waals surface area contributed by atoms with Crippen LogP contribution in [0, 0.1) is 0 Å². The summed E-state index contributed by atoms with van der Waals surface area (Å²) in [6.07, 6.45) is 3.39. The summed E-state index contributed by atoms with van der Waals surface area (Å²) in [4.78, 5) is 0. The number of hydrogen-bond donors (Lipinski definition) is 1. The Morgan fingerprint density at radius 3 is 2.58 bits per heavy atom. The van der Waals surface area contributed by atoms with Crippen molar-refractivity contribution in [2.45, 2.75) is 32.1 Å². The molecule has 2 rings (SSSR count). The van der Waals surface area contributed by atoms with E-state index >= 15 is 0 Å². The number of hydrogen-bond acceptors (Lipinski definition) is 3. The van der Waals surface area contributed by atoms with Gasteiger partial charge < -0.3 is 14.8 Å². The summed E-state index contributed by atoms with van der Waals surface area (Å²) in [6, 6.07) is 2.25. The van der Waals surface area contributed by atoms with E-state index in [0.29, 0.717) is 5.92 Å². The van der Waals surface area contributed by atoms with E-state index in [1.807, 2.05) is 0 Å². The second-order valence-corrected chi connectivity index (χ2v) is 5.70. The minimum Gasteiger partial charge on any atom is -0.495 e. The summed E-state index contributed by atoms with van der Waals surface area (Å²) in [5.74, 6) is 2.34. The molecule has 1 aliphatic rings. The summed E-state index contributed by atoms with van der Waals surface area (Å²) < 4.78 is 12.1. The molecule has 0 saturated carbocycles. The van der Waals surface area contributed by atoms with E-state index in [0.717, 1.165) is 35.5 Å². The highest BCUT2D eigenvalue weighted by molar-refractivity contribution is 9.10. The average molecular weight is 328 g/mol. The first-order valence-corrected chi connectivity index (χ1v) is 7.66. The number of aryl methyl sites for hydroxylation is 1. The van der Waals surface area contributed by atoms with Crippen LogP contribution in [-0.2, 0) is 6.42 Å². The van der Waals surface area contributed by atoms with E-state index in [1.165, 1.54) is 24.0 Å². The summed E-state index contributed by atoms with van der Waals surface area (Å²) in [5.41, 5.74) is 2.52. The summed E-state index contributed by atoms with van der Waals surface area (Å²) in [5, 5.41) is 3.47. The zero-order chi connectivity index (χ0) is 13.8. The highest BCUT2D eigenvalue weighted by Gasteiger charge is 2.24. The first-order chi connectivity index (χ1) is 9.22. The molecule has 0 aliphatic carbocycles. The largest absolute Gasteiger partial charge is 0.495 e. The van der Waals surface area contributed by atoms with Gasteiger partial charge in [0.25, 0.3) is 0 Å². The normalized spacial score (nSPS) is 19.3. The van der Waals surface area contributed by atoms with Gasteiger partial charge in [-0.2, -0.15) is 0 Å². The van der Waals surface area contributed by atoms with Crippen LogP contribution < -0.4 is 14.8 Å². The van der Waals surface area contributed by atoms with Crippen LogP contribution in [0.15, 0.2) is 10.5 Å². The molecule has 1 heterocycles. The van der Waals surface area contributed by atoms with Gasteiger partial charge >= 0.3 is 0 Å². The van der Waals surface area contributed by atoms with E-state index in [1.54, 1.807) is 14.2 Å². The summed E-state index contributed by atoms with van der Waals surface area (Å²) in [7, 11) is 3.44. The molecule has 106 valence electrons. The number of rotatable bonds is 4. The average Bonchev–Trinajstić information content (AvgIpc) is 2.47. The highest BCUT2D eigenvalue weighted by Crippen LogP contribution is 2.44. The monoisotopic (exact) mass is 327 g/mol. The van der Waals surface area contributed by atoms with Gasteiger partial charge in [0.15, 0.2) is 0 Å². The van der Waals surface area contributed by atoms with Crippen LogP contribution in [0.1, 0.15) is 36.8 Å². The minimum atomic E-state index is 0.524. The van der Waals surface area contributed by atoms with Gasteiger partial charge in [0, 0.05) is 18.0 Å². The number of ether oxygens (including phenoxy) is 2. The van der Waals surface area contributed by atoms with Gasteiger partial charge in [0.1, 0.15) is 16.0 Å². The molecule has 1 aromatic carbocycles. The summed E-state index contributed by atoms with van der Waals surface area (Å²) >= 11 is 3.64. The first-order valence-electron chi connectivity index (χ1n) is 6.86. The molecule has 1 atom stereocenters. The fourth-order valence-electron chi connectivity index (χ4n) is 2.80. The lowest BCUT2D eigenvalue weighted by atomic mass is 9.89. The minimum absolute atomic E-state index is 0.524. The number of nitrogens with one attached hydrogen (secondary N) is 1. The number of methoxy groups -OCH3 is 2. The van der Waals surface area contributed by atoms with Crippen LogP contribution in [0.3, 0.4) is 0 Å². The Labute approximate surface area is 123 Å². The lowest BCUT2D eigenvalue weighted by Gasteiger charge is -2.26. The van der Waals surface area contributed by atoms with Crippen LogP contribution in [0.4, 0.5) is 0 Å². The predicted molar refractivity (Wildman–Crippen MR) is 81.5 cm³/mol. The van der Waals surface area contributed by atoms with Crippen LogP contribution in [0.2, 0.25) is 0 Å². The van der Waals surface area contributed by atoms with Crippen molar-refractivity contribution in [3.8, 4) is 11.5 Å². The van der Waals surface area contributed by atoms with Gasteiger partial charge in [0.05, 0.1) is 14.2 Å². The summed E-state index contributed by atoms with van der Waals surface area (Å²) in [6.45, 7) is 4.30. The van der Waals surface area contributed by atoms with E-state index in [4.69, 9.17) is 9.47 Å². The molecular formula is C15H22BrNO2. The van der Waals surface area contributed by atoms with Gasteiger partial charge in [-0.25, -0.2) is 0 Å². The molecular weight excluding hydrogens is 306 g/mol. The Kier molecular flexibility index (Phi) is 5.11. The Morgan fingerprint density at radius 1 is 1.32 bits per heavy atom.